The molecule has 2 aliphatic heterocycles. The first-order valence-electron chi connectivity index (χ1n) is 10.7. The molecule has 0 amide bonds. The van der Waals surface area contributed by atoms with Crippen molar-refractivity contribution in [2.24, 2.45) is 0 Å². The summed E-state index contributed by atoms with van der Waals surface area (Å²) in [6.45, 7) is 6.41. The van der Waals surface area contributed by atoms with Gasteiger partial charge in [-0.25, -0.2) is 9.78 Å². The third kappa shape index (κ3) is 2.59. The van der Waals surface area contributed by atoms with Gasteiger partial charge in [0.25, 0.3) is 5.56 Å². The summed E-state index contributed by atoms with van der Waals surface area (Å²) in [6.07, 6.45) is 1.11. The number of benzene rings is 1. The Kier molecular flexibility index (Phi) is 4.41. The van der Waals surface area contributed by atoms with Gasteiger partial charge in [-0.15, -0.1) is 0 Å². The number of aromatic hydroxyl groups is 1. The Balaban J connectivity index is 1.82. The molecule has 0 aliphatic carbocycles. The van der Waals surface area contributed by atoms with Crippen molar-refractivity contribution in [3.8, 4) is 17.1 Å². The first kappa shape index (κ1) is 19.8. The maximum absolute atomic E-state index is 13.5. The van der Waals surface area contributed by atoms with Crippen LogP contribution in [0.1, 0.15) is 49.4 Å². The van der Waals surface area contributed by atoms with Crippen LogP contribution < -0.4 is 5.56 Å². The van der Waals surface area contributed by atoms with Gasteiger partial charge in [-0.2, -0.15) is 0 Å². The molecule has 7 heteroatoms. The van der Waals surface area contributed by atoms with Gasteiger partial charge in [0.1, 0.15) is 12.4 Å². The Hall–Kier alpha value is -3.19. The predicted molar refractivity (Wildman–Crippen MR) is 115 cm³/mol. The second-order valence-electron chi connectivity index (χ2n) is 7.98. The van der Waals surface area contributed by atoms with E-state index in [0.717, 1.165) is 34.1 Å². The SMILES string of the molecule is CCO[C@]1(CC)C(=O)OCc2c1cc1n(c2=O)Cc2c-1nc1ccc(O)cc1c2CC. The number of hydrogen-bond donors (Lipinski definition) is 1. The number of hydrogen-bond acceptors (Lipinski definition) is 6. The third-order valence-electron chi connectivity index (χ3n) is 6.50. The number of phenols is 1. The van der Waals surface area contributed by atoms with Crippen LogP contribution >= 0.6 is 0 Å². The van der Waals surface area contributed by atoms with Crippen LogP contribution in [0.2, 0.25) is 0 Å². The number of fused-ring (bicyclic) bond motifs is 5. The summed E-state index contributed by atoms with van der Waals surface area (Å²) < 4.78 is 13.0. The van der Waals surface area contributed by atoms with Crippen LogP contribution in [0.4, 0.5) is 0 Å². The molecule has 0 bridgehead atoms. The number of nitrogens with zero attached hydrogens (tertiary/aromatic N) is 2. The molecule has 4 heterocycles. The summed E-state index contributed by atoms with van der Waals surface area (Å²) in [5, 5.41) is 10.9. The standard InChI is InChI=1S/C24H24N2O5/c1-4-14-15-9-13(27)7-8-19(15)25-21-16(14)11-26-20(21)10-18-17(22(26)28)12-30-23(29)24(18,5-2)31-6-3/h7-10,27H,4-6,11-12H2,1-3H3/t24-/m0/s1. The number of esters is 1. The lowest BCUT2D eigenvalue weighted by atomic mass is 9.85. The van der Waals surface area contributed by atoms with Crippen molar-refractivity contribution >= 4 is 16.9 Å². The fourth-order valence-corrected chi connectivity index (χ4v) is 5.03. The van der Waals surface area contributed by atoms with E-state index in [2.05, 4.69) is 6.92 Å². The fourth-order valence-electron chi connectivity index (χ4n) is 5.03. The van der Waals surface area contributed by atoms with Crippen LogP contribution in [0.15, 0.2) is 29.1 Å². The Morgan fingerprint density at radius 3 is 2.71 bits per heavy atom. The van der Waals surface area contributed by atoms with Crippen LogP contribution in [0.25, 0.3) is 22.3 Å². The molecule has 0 saturated carbocycles. The normalized spacial score (nSPS) is 19.1. The first-order chi connectivity index (χ1) is 14.9. The molecule has 5 rings (SSSR count). The Labute approximate surface area is 179 Å². The van der Waals surface area contributed by atoms with Gasteiger partial charge in [0, 0.05) is 23.1 Å². The molecule has 0 radical (unpaired) electrons. The second-order valence-corrected chi connectivity index (χ2v) is 7.98. The van der Waals surface area contributed by atoms with Gasteiger partial charge in [-0.05, 0) is 49.6 Å². The molecule has 160 valence electrons. The molecule has 1 atom stereocenters. The van der Waals surface area contributed by atoms with Crippen molar-refractivity contribution in [1.29, 1.82) is 0 Å². The molecule has 1 N–H and O–H groups in total. The van der Waals surface area contributed by atoms with E-state index < -0.39 is 11.6 Å². The van der Waals surface area contributed by atoms with Crippen molar-refractivity contribution in [3.05, 3.63) is 56.9 Å². The number of aromatic nitrogens is 2. The molecule has 31 heavy (non-hydrogen) atoms. The summed E-state index contributed by atoms with van der Waals surface area (Å²) in [5.74, 6) is -0.268. The topological polar surface area (TPSA) is 90.7 Å². The smallest absolute Gasteiger partial charge is 0.343 e. The molecule has 0 unspecified atom stereocenters. The van der Waals surface area contributed by atoms with E-state index in [4.69, 9.17) is 14.5 Å². The molecule has 3 aromatic rings. The van der Waals surface area contributed by atoms with Gasteiger partial charge in [0.15, 0.2) is 5.60 Å². The third-order valence-corrected chi connectivity index (χ3v) is 6.50. The van der Waals surface area contributed by atoms with Gasteiger partial charge < -0.3 is 19.1 Å². The van der Waals surface area contributed by atoms with Gasteiger partial charge in [0.2, 0.25) is 0 Å². The zero-order valence-corrected chi connectivity index (χ0v) is 17.8. The van der Waals surface area contributed by atoms with Crippen LogP contribution in [0, 0.1) is 0 Å². The second kappa shape index (κ2) is 6.92. The van der Waals surface area contributed by atoms with E-state index in [9.17, 15) is 14.7 Å². The van der Waals surface area contributed by atoms with Crippen molar-refractivity contribution in [1.82, 2.24) is 9.55 Å². The number of rotatable bonds is 4. The number of pyridine rings is 2. The van der Waals surface area contributed by atoms with Crippen molar-refractivity contribution in [2.75, 3.05) is 6.61 Å². The van der Waals surface area contributed by atoms with E-state index in [1.54, 1.807) is 22.8 Å². The fraction of sp³-hybridized carbons (Fsp3) is 0.375. The molecule has 0 saturated heterocycles. The Bertz CT molecular complexity index is 1310. The summed E-state index contributed by atoms with van der Waals surface area (Å²) in [6, 6.07) is 7.02. The number of phenolic OH excluding ortho intramolecular Hbond substituents is 1. The molecule has 2 aromatic heterocycles. The van der Waals surface area contributed by atoms with Crippen molar-refractivity contribution in [3.63, 3.8) is 0 Å². The number of carbonyl (C=O) groups is 1. The number of cyclic esters (lactones) is 1. The van der Waals surface area contributed by atoms with Crippen LogP contribution in [-0.2, 0) is 39.4 Å². The van der Waals surface area contributed by atoms with E-state index in [1.807, 2.05) is 19.9 Å². The number of aryl methyl sites for hydroxylation is 1. The van der Waals surface area contributed by atoms with E-state index >= 15 is 0 Å². The maximum Gasteiger partial charge on any atom is 0.343 e. The minimum atomic E-state index is -1.28. The lowest BCUT2D eigenvalue weighted by Gasteiger charge is -2.35. The molecule has 2 aliphatic rings. The minimum Gasteiger partial charge on any atom is -0.508 e. The van der Waals surface area contributed by atoms with E-state index in [1.165, 1.54) is 0 Å². The summed E-state index contributed by atoms with van der Waals surface area (Å²) >= 11 is 0. The molecule has 7 nitrogen and oxygen atoms in total. The van der Waals surface area contributed by atoms with Crippen LogP contribution in [0.5, 0.6) is 5.75 Å². The number of carbonyl (C=O) groups excluding carboxylic acids is 1. The largest absolute Gasteiger partial charge is 0.508 e. The van der Waals surface area contributed by atoms with Crippen LogP contribution in [-0.4, -0.2) is 27.2 Å². The monoisotopic (exact) mass is 420 g/mol. The van der Waals surface area contributed by atoms with E-state index in [-0.39, 0.29) is 17.9 Å². The highest BCUT2D eigenvalue weighted by atomic mass is 16.6. The van der Waals surface area contributed by atoms with Gasteiger partial charge >= 0.3 is 5.97 Å². The maximum atomic E-state index is 13.5. The zero-order valence-electron chi connectivity index (χ0n) is 17.8. The average molecular weight is 420 g/mol. The highest BCUT2D eigenvalue weighted by Gasteiger charge is 2.48. The summed E-state index contributed by atoms with van der Waals surface area (Å²) in [5.41, 5.74) is 3.83. The molecule has 0 spiro atoms. The molecule has 0 fully saturated rings. The Morgan fingerprint density at radius 1 is 1.19 bits per heavy atom. The zero-order chi connectivity index (χ0) is 21.9. The molecular weight excluding hydrogens is 396 g/mol. The Morgan fingerprint density at radius 2 is 2.00 bits per heavy atom. The summed E-state index contributed by atoms with van der Waals surface area (Å²) in [7, 11) is 0. The highest BCUT2D eigenvalue weighted by molar-refractivity contribution is 5.90. The predicted octanol–water partition coefficient (Wildman–Crippen LogP) is 3.39. The van der Waals surface area contributed by atoms with Crippen LogP contribution in [0.3, 0.4) is 0 Å². The quantitative estimate of drug-likeness (QED) is 0.509. The molecular formula is C24H24N2O5. The van der Waals surface area contributed by atoms with Gasteiger partial charge in [-0.3, -0.25) is 4.79 Å². The summed E-state index contributed by atoms with van der Waals surface area (Å²) in [4.78, 5) is 31.1. The van der Waals surface area contributed by atoms with Crippen molar-refractivity contribution in [2.45, 2.75) is 52.4 Å². The van der Waals surface area contributed by atoms with E-state index in [0.29, 0.717) is 36.4 Å². The van der Waals surface area contributed by atoms with Gasteiger partial charge in [0.05, 0.1) is 29.0 Å². The minimum absolute atomic E-state index is 0.0532. The average Bonchev–Trinajstić information content (AvgIpc) is 3.13. The van der Waals surface area contributed by atoms with Crippen molar-refractivity contribution < 1.29 is 19.4 Å². The lowest BCUT2D eigenvalue weighted by molar-refractivity contribution is -0.180. The molecule has 1 aromatic carbocycles. The van der Waals surface area contributed by atoms with Gasteiger partial charge in [-0.1, -0.05) is 13.8 Å². The highest BCUT2D eigenvalue weighted by Crippen LogP contribution is 2.42. The number of ether oxygens (including phenoxy) is 2. The first-order valence-corrected chi connectivity index (χ1v) is 10.7. The lowest BCUT2D eigenvalue weighted by Crippen LogP contribution is -2.46.